The van der Waals surface area contributed by atoms with Gasteiger partial charge in [-0.2, -0.15) is 13.2 Å². The minimum Gasteiger partial charge on any atom is -0.480 e. The first kappa shape index (κ1) is 18.6. The molecule has 0 aromatic carbocycles. The minimum absolute atomic E-state index is 0.0304. The summed E-state index contributed by atoms with van der Waals surface area (Å²) in [6.45, 7) is 0.663. The minimum atomic E-state index is -4.65. The van der Waals surface area contributed by atoms with E-state index in [2.05, 4.69) is 10.3 Å². The Bertz CT molecular complexity index is 685. The Morgan fingerprint density at radius 1 is 1.31 bits per heavy atom. The molecule has 0 atom stereocenters. The summed E-state index contributed by atoms with van der Waals surface area (Å²) in [4.78, 5) is 28.7. The lowest BCUT2D eigenvalue weighted by molar-refractivity contribution is -0.140. The van der Waals surface area contributed by atoms with Crippen LogP contribution in [0.5, 0.6) is 0 Å². The van der Waals surface area contributed by atoms with Gasteiger partial charge >= 0.3 is 12.1 Å². The first-order chi connectivity index (χ1) is 12.2. The van der Waals surface area contributed by atoms with Gasteiger partial charge in [-0.25, -0.2) is 0 Å². The number of carboxylic acid groups (broad SMARTS) is 1. The van der Waals surface area contributed by atoms with E-state index >= 15 is 0 Å². The summed E-state index contributed by atoms with van der Waals surface area (Å²) >= 11 is 0. The Hall–Kier alpha value is -2.16. The summed E-state index contributed by atoms with van der Waals surface area (Å²) in [7, 11) is 0. The van der Waals surface area contributed by atoms with Crippen LogP contribution in [0.15, 0.2) is 18.3 Å². The van der Waals surface area contributed by atoms with Crippen molar-refractivity contribution in [2.75, 3.05) is 13.1 Å². The molecule has 2 aliphatic rings. The van der Waals surface area contributed by atoms with Gasteiger partial charge in [0.2, 0.25) is 0 Å². The van der Waals surface area contributed by atoms with Gasteiger partial charge in [0, 0.05) is 24.8 Å². The van der Waals surface area contributed by atoms with Crippen LogP contribution in [0, 0.1) is 5.92 Å². The summed E-state index contributed by atoms with van der Waals surface area (Å²) in [5.74, 6) is -1.22. The molecule has 0 aliphatic heterocycles. The van der Waals surface area contributed by atoms with Crippen LogP contribution < -0.4 is 5.32 Å². The Labute approximate surface area is 148 Å². The molecule has 0 saturated heterocycles. The number of carbonyl (C=O) groups is 2. The molecule has 1 aromatic rings. The van der Waals surface area contributed by atoms with E-state index < -0.39 is 29.3 Å². The third kappa shape index (κ3) is 4.51. The number of aliphatic carboxylic acids is 1. The predicted molar refractivity (Wildman–Crippen MR) is 85.4 cm³/mol. The van der Waals surface area contributed by atoms with E-state index in [0.717, 1.165) is 37.7 Å². The molecule has 0 bridgehead atoms. The summed E-state index contributed by atoms with van der Waals surface area (Å²) in [5, 5.41) is 11.6. The van der Waals surface area contributed by atoms with Crippen molar-refractivity contribution < 1.29 is 27.9 Å². The van der Waals surface area contributed by atoms with E-state index in [0.29, 0.717) is 18.8 Å². The molecule has 1 aromatic heterocycles. The van der Waals surface area contributed by atoms with Crippen LogP contribution in [0.1, 0.15) is 41.7 Å². The number of rotatable bonds is 7. The molecular weight excluding hydrogens is 351 g/mol. The Morgan fingerprint density at radius 2 is 2.00 bits per heavy atom. The second-order valence-corrected chi connectivity index (χ2v) is 6.96. The van der Waals surface area contributed by atoms with Crippen LogP contribution in [0.25, 0.3) is 0 Å². The van der Waals surface area contributed by atoms with Crippen LogP contribution in [-0.2, 0) is 11.0 Å². The van der Waals surface area contributed by atoms with Crippen LogP contribution in [-0.4, -0.2) is 52.0 Å². The number of hydrogen-bond acceptors (Lipinski definition) is 4. The maximum absolute atomic E-state index is 13.0. The zero-order valence-corrected chi connectivity index (χ0v) is 14.0. The van der Waals surface area contributed by atoms with E-state index in [1.807, 2.05) is 4.90 Å². The maximum Gasteiger partial charge on any atom is 0.418 e. The van der Waals surface area contributed by atoms with Gasteiger partial charge in [-0.05, 0) is 43.7 Å². The molecule has 0 spiro atoms. The van der Waals surface area contributed by atoms with E-state index in [4.69, 9.17) is 5.11 Å². The van der Waals surface area contributed by atoms with Crippen LogP contribution in [0.2, 0.25) is 0 Å². The van der Waals surface area contributed by atoms with Crippen LogP contribution >= 0.6 is 0 Å². The zero-order valence-electron chi connectivity index (χ0n) is 14.0. The first-order valence-corrected chi connectivity index (χ1v) is 8.53. The average molecular weight is 371 g/mol. The smallest absolute Gasteiger partial charge is 0.418 e. The number of nitrogens with one attached hydrogen (secondary N) is 1. The molecule has 2 aliphatic carbocycles. The van der Waals surface area contributed by atoms with Gasteiger partial charge in [0.05, 0.1) is 12.1 Å². The monoisotopic (exact) mass is 371 g/mol. The van der Waals surface area contributed by atoms with E-state index in [9.17, 15) is 22.8 Å². The lowest BCUT2D eigenvalue weighted by Crippen LogP contribution is -2.55. The van der Waals surface area contributed by atoms with Crippen molar-refractivity contribution in [1.29, 1.82) is 0 Å². The van der Waals surface area contributed by atoms with E-state index in [-0.39, 0.29) is 18.6 Å². The second kappa shape index (κ2) is 7.22. The van der Waals surface area contributed by atoms with Gasteiger partial charge in [-0.1, -0.05) is 0 Å². The SMILES string of the molecule is O=C(O)CN(CC1CC1)C1CC(NC(=O)c2ncccc2C(F)(F)F)C1. The number of carboxylic acids is 1. The summed E-state index contributed by atoms with van der Waals surface area (Å²) in [6.07, 6.45) is -0.241. The number of amides is 1. The third-order valence-corrected chi connectivity index (χ3v) is 4.82. The summed E-state index contributed by atoms with van der Waals surface area (Å²) < 4.78 is 38.9. The Morgan fingerprint density at radius 3 is 2.58 bits per heavy atom. The quantitative estimate of drug-likeness (QED) is 0.768. The normalized spacial score (nSPS) is 22.8. The lowest BCUT2D eigenvalue weighted by Gasteiger charge is -2.42. The standard InChI is InChI=1S/C17H20F3N3O3/c18-17(19,20)13-2-1-5-21-15(13)16(26)22-11-6-12(7-11)23(9-14(24)25)8-10-3-4-10/h1-2,5,10-12H,3-4,6-9H2,(H,22,26)(H,24,25). The third-order valence-electron chi connectivity index (χ3n) is 4.82. The highest BCUT2D eigenvalue weighted by Crippen LogP contribution is 2.34. The average Bonchev–Trinajstić information content (AvgIpc) is 3.32. The fourth-order valence-electron chi connectivity index (χ4n) is 3.22. The summed E-state index contributed by atoms with van der Waals surface area (Å²) in [6, 6.07) is 1.73. The van der Waals surface area contributed by atoms with Crippen molar-refractivity contribution in [3.8, 4) is 0 Å². The number of aromatic nitrogens is 1. The van der Waals surface area contributed by atoms with Gasteiger partial charge in [0.15, 0.2) is 0 Å². The highest BCUT2D eigenvalue weighted by molar-refractivity contribution is 5.94. The number of carbonyl (C=O) groups excluding carboxylic acids is 1. The number of halogens is 3. The Balaban J connectivity index is 1.57. The fraction of sp³-hybridized carbons (Fsp3) is 0.588. The van der Waals surface area contributed by atoms with Crippen molar-refractivity contribution in [2.45, 2.75) is 43.9 Å². The van der Waals surface area contributed by atoms with Crippen LogP contribution in [0.3, 0.4) is 0 Å². The van der Waals surface area contributed by atoms with Crippen LogP contribution in [0.4, 0.5) is 13.2 Å². The molecule has 6 nitrogen and oxygen atoms in total. The van der Waals surface area contributed by atoms with E-state index in [1.165, 1.54) is 0 Å². The molecule has 142 valence electrons. The van der Waals surface area contributed by atoms with Gasteiger partial charge < -0.3 is 10.4 Å². The van der Waals surface area contributed by atoms with Crippen molar-refractivity contribution in [3.63, 3.8) is 0 Å². The van der Waals surface area contributed by atoms with Crippen molar-refractivity contribution in [3.05, 3.63) is 29.6 Å². The Kier molecular flexibility index (Phi) is 5.17. The number of pyridine rings is 1. The molecule has 3 rings (SSSR count). The van der Waals surface area contributed by atoms with Crippen molar-refractivity contribution in [2.24, 2.45) is 5.92 Å². The van der Waals surface area contributed by atoms with Gasteiger partial charge in [-0.3, -0.25) is 19.5 Å². The number of hydrogen-bond donors (Lipinski definition) is 2. The van der Waals surface area contributed by atoms with Gasteiger partial charge in [0.1, 0.15) is 5.69 Å². The largest absolute Gasteiger partial charge is 0.480 e. The molecule has 26 heavy (non-hydrogen) atoms. The molecular formula is C17H20F3N3O3. The molecule has 0 unspecified atom stereocenters. The second-order valence-electron chi connectivity index (χ2n) is 6.96. The predicted octanol–water partition coefficient (Wildman–Crippen LogP) is 2.16. The molecule has 2 N–H and O–H groups in total. The van der Waals surface area contributed by atoms with Gasteiger partial charge in [-0.15, -0.1) is 0 Å². The highest BCUT2D eigenvalue weighted by atomic mass is 19.4. The summed E-state index contributed by atoms with van der Waals surface area (Å²) in [5.41, 5.74) is -1.70. The zero-order chi connectivity index (χ0) is 18.9. The molecule has 2 saturated carbocycles. The number of alkyl halides is 3. The fourth-order valence-corrected chi connectivity index (χ4v) is 3.22. The van der Waals surface area contributed by atoms with Gasteiger partial charge in [0.25, 0.3) is 5.91 Å². The molecule has 2 fully saturated rings. The lowest BCUT2D eigenvalue weighted by atomic mass is 9.85. The van der Waals surface area contributed by atoms with Crippen molar-refractivity contribution >= 4 is 11.9 Å². The molecule has 9 heteroatoms. The maximum atomic E-state index is 13.0. The molecule has 1 amide bonds. The molecule has 1 heterocycles. The number of nitrogens with zero attached hydrogens (tertiary/aromatic N) is 2. The highest BCUT2D eigenvalue weighted by Gasteiger charge is 2.40. The topological polar surface area (TPSA) is 82.5 Å². The van der Waals surface area contributed by atoms with E-state index in [1.54, 1.807) is 0 Å². The first-order valence-electron chi connectivity index (χ1n) is 8.53. The van der Waals surface area contributed by atoms with Crippen molar-refractivity contribution in [1.82, 2.24) is 15.2 Å². The molecule has 0 radical (unpaired) electrons.